The average Bonchev–Trinajstić information content (AvgIpc) is 2.70. The van der Waals surface area contributed by atoms with Crippen LogP contribution >= 0.6 is 11.3 Å². The lowest BCUT2D eigenvalue weighted by Crippen LogP contribution is -2.13. The van der Waals surface area contributed by atoms with E-state index in [1.165, 1.54) is 0 Å². The van der Waals surface area contributed by atoms with Crippen LogP contribution in [0.1, 0.15) is 16.5 Å². The third kappa shape index (κ3) is 1.62. The first kappa shape index (κ1) is 9.18. The molecule has 1 atom stereocenters. The van der Waals surface area contributed by atoms with Gasteiger partial charge in [-0.15, -0.1) is 11.3 Å². The van der Waals surface area contributed by atoms with Crippen molar-refractivity contribution in [1.82, 2.24) is 4.98 Å². The van der Waals surface area contributed by atoms with Gasteiger partial charge in [0.2, 0.25) is 0 Å². The summed E-state index contributed by atoms with van der Waals surface area (Å²) in [5, 5.41) is 2.00. The molecule has 72 valence electrons. The van der Waals surface area contributed by atoms with E-state index in [1.54, 1.807) is 17.5 Å². The standard InChI is InChI=1S/C10H11N3S/c11-9(8-4-2-6-14-8)7-3-1-5-13-10(7)12/h1-6,9H,11H2,(H2,12,13)/t9-/m0/s1. The van der Waals surface area contributed by atoms with Crippen LogP contribution in [0, 0.1) is 0 Å². The Morgan fingerprint density at radius 3 is 2.79 bits per heavy atom. The molecule has 0 aliphatic heterocycles. The third-order valence-electron chi connectivity index (χ3n) is 2.06. The summed E-state index contributed by atoms with van der Waals surface area (Å²) in [5.74, 6) is 0.508. The number of nitrogens with two attached hydrogens (primary N) is 2. The van der Waals surface area contributed by atoms with E-state index in [4.69, 9.17) is 11.5 Å². The summed E-state index contributed by atoms with van der Waals surface area (Å²) in [4.78, 5) is 5.11. The Morgan fingerprint density at radius 2 is 2.14 bits per heavy atom. The van der Waals surface area contributed by atoms with Crippen molar-refractivity contribution in [2.45, 2.75) is 6.04 Å². The first-order valence-corrected chi connectivity index (χ1v) is 5.16. The maximum atomic E-state index is 6.05. The van der Waals surface area contributed by atoms with Crippen LogP contribution in [-0.2, 0) is 0 Å². The molecular weight excluding hydrogens is 194 g/mol. The average molecular weight is 205 g/mol. The fourth-order valence-corrected chi connectivity index (χ4v) is 2.06. The van der Waals surface area contributed by atoms with Gasteiger partial charge in [0, 0.05) is 16.6 Å². The van der Waals surface area contributed by atoms with Gasteiger partial charge < -0.3 is 11.5 Å². The minimum atomic E-state index is -0.163. The molecule has 0 saturated carbocycles. The fourth-order valence-electron chi connectivity index (χ4n) is 1.31. The molecule has 2 rings (SSSR count). The van der Waals surface area contributed by atoms with Crippen LogP contribution in [-0.4, -0.2) is 4.98 Å². The predicted molar refractivity (Wildman–Crippen MR) is 59.0 cm³/mol. The molecule has 0 saturated heterocycles. The molecule has 0 radical (unpaired) electrons. The van der Waals surface area contributed by atoms with Crippen LogP contribution in [0.15, 0.2) is 35.8 Å². The second-order valence-corrected chi connectivity index (χ2v) is 3.95. The molecule has 14 heavy (non-hydrogen) atoms. The molecule has 0 bridgehead atoms. The van der Waals surface area contributed by atoms with E-state index in [0.29, 0.717) is 5.82 Å². The maximum Gasteiger partial charge on any atom is 0.128 e. The third-order valence-corrected chi connectivity index (χ3v) is 3.01. The van der Waals surface area contributed by atoms with Crippen molar-refractivity contribution in [3.8, 4) is 0 Å². The Balaban J connectivity index is 2.37. The molecule has 0 aliphatic carbocycles. The summed E-state index contributed by atoms with van der Waals surface area (Å²) in [6.07, 6.45) is 1.67. The molecule has 2 aromatic rings. The number of nitrogens with zero attached hydrogens (tertiary/aromatic N) is 1. The molecule has 0 amide bonds. The van der Waals surface area contributed by atoms with Gasteiger partial charge in [0.15, 0.2) is 0 Å². The summed E-state index contributed by atoms with van der Waals surface area (Å²) in [7, 11) is 0. The van der Waals surface area contributed by atoms with E-state index in [9.17, 15) is 0 Å². The van der Waals surface area contributed by atoms with Gasteiger partial charge in [-0.3, -0.25) is 0 Å². The summed E-state index contributed by atoms with van der Waals surface area (Å²) in [6, 6.07) is 7.57. The molecule has 0 aliphatic rings. The highest BCUT2D eigenvalue weighted by atomic mass is 32.1. The molecule has 0 spiro atoms. The van der Waals surface area contributed by atoms with Crippen LogP contribution in [0.2, 0.25) is 0 Å². The lowest BCUT2D eigenvalue weighted by Gasteiger charge is -2.11. The van der Waals surface area contributed by atoms with Crippen molar-refractivity contribution in [3.05, 3.63) is 46.3 Å². The number of thiophene rings is 1. The minimum absolute atomic E-state index is 0.163. The topological polar surface area (TPSA) is 64.9 Å². The first-order chi connectivity index (χ1) is 6.79. The van der Waals surface area contributed by atoms with Crippen LogP contribution in [0.25, 0.3) is 0 Å². The summed E-state index contributed by atoms with van der Waals surface area (Å²) in [6.45, 7) is 0. The predicted octanol–water partition coefficient (Wildman–Crippen LogP) is 1.77. The smallest absolute Gasteiger partial charge is 0.128 e. The van der Waals surface area contributed by atoms with Gasteiger partial charge in [0.05, 0.1) is 6.04 Å². The van der Waals surface area contributed by atoms with Crippen molar-refractivity contribution < 1.29 is 0 Å². The quantitative estimate of drug-likeness (QED) is 0.785. The molecule has 4 heteroatoms. The van der Waals surface area contributed by atoms with Gasteiger partial charge in [0.25, 0.3) is 0 Å². The van der Waals surface area contributed by atoms with E-state index < -0.39 is 0 Å². The largest absolute Gasteiger partial charge is 0.383 e. The Bertz CT molecular complexity index is 411. The van der Waals surface area contributed by atoms with Crippen LogP contribution in [0.5, 0.6) is 0 Å². The van der Waals surface area contributed by atoms with Crippen LogP contribution in [0.4, 0.5) is 5.82 Å². The molecule has 2 aromatic heterocycles. The highest BCUT2D eigenvalue weighted by Gasteiger charge is 2.12. The van der Waals surface area contributed by atoms with Crippen molar-refractivity contribution in [3.63, 3.8) is 0 Å². The van der Waals surface area contributed by atoms with Crippen LogP contribution < -0.4 is 11.5 Å². The van der Waals surface area contributed by atoms with Crippen molar-refractivity contribution >= 4 is 17.2 Å². The monoisotopic (exact) mass is 205 g/mol. The van der Waals surface area contributed by atoms with Gasteiger partial charge in [-0.25, -0.2) is 4.98 Å². The number of hydrogen-bond donors (Lipinski definition) is 2. The number of anilines is 1. The highest BCUT2D eigenvalue weighted by molar-refractivity contribution is 7.10. The molecular formula is C10H11N3S. The molecule has 0 aromatic carbocycles. The lowest BCUT2D eigenvalue weighted by molar-refractivity contribution is 0.889. The number of nitrogen functional groups attached to an aromatic ring is 1. The lowest BCUT2D eigenvalue weighted by atomic mass is 10.1. The Morgan fingerprint density at radius 1 is 1.29 bits per heavy atom. The second-order valence-electron chi connectivity index (χ2n) is 2.97. The first-order valence-electron chi connectivity index (χ1n) is 4.28. The Labute approximate surface area is 86.4 Å². The normalized spacial score (nSPS) is 12.6. The summed E-state index contributed by atoms with van der Waals surface area (Å²) in [5.41, 5.74) is 12.7. The van der Waals surface area contributed by atoms with Gasteiger partial charge >= 0.3 is 0 Å². The van der Waals surface area contributed by atoms with E-state index >= 15 is 0 Å². The zero-order valence-corrected chi connectivity index (χ0v) is 8.37. The van der Waals surface area contributed by atoms with Gasteiger partial charge in [0.1, 0.15) is 5.82 Å². The Hall–Kier alpha value is -1.39. The molecule has 2 heterocycles. The SMILES string of the molecule is Nc1ncccc1[C@H](N)c1cccs1. The fraction of sp³-hybridized carbons (Fsp3) is 0.100. The van der Waals surface area contributed by atoms with E-state index in [0.717, 1.165) is 10.4 Å². The molecule has 3 nitrogen and oxygen atoms in total. The van der Waals surface area contributed by atoms with E-state index in [2.05, 4.69) is 4.98 Å². The van der Waals surface area contributed by atoms with Gasteiger partial charge in [-0.05, 0) is 17.5 Å². The van der Waals surface area contributed by atoms with E-state index in [-0.39, 0.29) is 6.04 Å². The molecule has 4 N–H and O–H groups in total. The van der Waals surface area contributed by atoms with Crippen molar-refractivity contribution in [1.29, 1.82) is 0 Å². The number of hydrogen-bond acceptors (Lipinski definition) is 4. The summed E-state index contributed by atoms with van der Waals surface area (Å²) >= 11 is 1.63. The van der Waals surface area contributed by atoms with Crippen molar-refractivity contribution in [2.75, 3.05) is 5.73 Å². The second kappa shape index (κ2) is 3.77. The van der Waals surface area contributed by atoms with E-state index in [1.807, 2.05) is 29.6 Å². The van der Waals surface area contributed by atoms with Gasteiger partial charge in [-0.1, -0.05) is 12.1 Å². The summed E-state index contributed by atoms with van der Waals surface area (Å²) < 4.78 is 0. The number of pyridine rings is 1. The molecule has 0 unspecified atom stereocenters. The zero-order chi connectivity index (χ0) is 9.97. The number of rotatable bonds is 2. The van der Waals surface area contributed by atoms with Crippen LogP contribution in [0.3, 0.4) is 0 Å². The van der Waals surface area contributed by atoms with Crippen molar-refractivity contribution in [2.24, 2.45) is 5.73 Å². The van der Waals surface area contributed by atoms with Gasteiger partial charge in [-0.2, -0.15) is 0 Å². The Kier molecular flexibility index (Phi) is 2.47. The molecule has 0 fully saturated rings. The maximum absolute atomic E-state index is 6.05. The highest BCUT2D eigenvalue weighted by Crippen LogP contribution is 2.25. The number of aromatic nitrogens is 1. The minimum Gasteiger partial charge on any atom is -0.383 e. The zero-order valence-electron chi connectivity index (χ0n) is 7.55.